The van der Waals surface area contributed by atoms with Crippen molar-refractivity contribution in [3.63, 3.8) is 0 Å². The Bertz CT molecular complexity index is 526. The van der Waals surface area contributed by atoms with E-state index in [4.69, 9.17) is 0 Å². The van der Waals surface area contributed by atoms with Gasteiger partial charge in [-0.25, -0.2) is 0 Å². The lowest BCUT2D eigenvalue weighted by Crippen LogP contribution is -2.07. The Labute approximate surface area is 259 Å². The van der Waals surface area contributed by atoms with Gasteiger partial charge in [-0.05, 0) is 12.8 Å². The molecule has 2 nitrogen and oxygen atoms in total. The van der Waals surface area contributed by atoms with Gasteiger partial charge in [-0.2, -0.15) is 0 Å². The van der Waals surface area contributed by atoms with Crippen molar-refractivity contribution >= 4 is 11.6 Å². The van der Waals surface area contributed by atoms with E-state index in [0.717, 1.165) is 25.7 Å². The highest BCUT2D eigenvalue weighted by Crippen LogP contribution is 2.16. The molecule has 0 aromatic heterocycles. The van der Waals surface area contributed by atoms with Crippen molar-refractivity contribution in [2.75, 3.05) is 0 Å². The van der Waals surface area contributed by atoms with Crippen LogP contribution in [-0.2, 0) is 9.59 Å². The van der Waals surface area contributed by atoms with Gasteiger partial charge in [-0.1, -0.05) is 206 Å². The summed E-state index contributed by atoms with van der Waals surface area (Å²) in [7, 11) is 0. The first-order valence-corrected chi connectivity index (χ1v) is 19.2. The van der Waals surface area contributed by atoms with Crippen molar-refractivity contribution in [3.05, 3.63) is 0 Å². The number of hydrogen-bond acceptors (Lipinski definition) is 2. The quantitative estimate of drug-likeness (QED) is 0.0549. The molecule has 0 atom stereocenters. The van der Waals surface area contributed by atoms with Crippen LogP contribution >= 0.6 is 0 Å². The van der Waals surface area contributed by atoms with Gasteiger partial charge in [-0.3, -0.25) is 9.59 Å². The fraction of sp³-hybridized carbons (Fsp3) is 0.949. The minimum absolute atomic E-state index is 0.177. The van der Waals surface area contributed by atoms with Gasteiger partial charge in [0.15, 0.2) is 0 Å². The molecule has 0 radical (unpaired) electrons. The summed E-state index contributed by atoms with van der Waals surface area (Å²) in [6.07, 6.45) is 44.6. The Balaban J connectivity index is 3.26. The van der Waals surface area contributed by atoms with Crippen molar-refractivity contribution in [1.29, 1.82) is 0 Å². The Kier molecular flexibility index (Phi) is 35.0. The standard InChI is InChI=1S/C39H76O2/c1-3-5-7-9-11-13-15-17-18-19-20-21-22-24-26-28-30-32-34-36-39(41)37-38(40)35-33-31-29-27-25-23-16-14-12-10-8-6-4-2/h3-37H2,1-2H3. The van der Waals surface area contributed by atoms with Crippen molar-refractivity contribution < 1.29 is 9.59 Å². The first-order valence-electron chi connectivity index (χ1n) is 19.2. The van der Waals surface area contributed by atoms with Crippen molar-refractivity contribution in [1.82, 2.24) is 0 Å². The zero-order valence-electron chi connectivity index (χ0n) is 28.6. The summed E-state index contributed by atoms with van der Waals surface area (Å²) >= 11 is 0. The second kappa shape index (κ2) is 35.5. The van der Waals surface area contributed by atoms with Crippen LogP contribution in [0, 0.1) is 0 Å². The van der Waals surface area contributed by atoms with Gasteiger partial charge in [0, 0.05) is 12.8 Å². The molecule has 0 aliphatic rings. The third kappa shape index (κ3) is 35.4. The first kappa shape index (κ1) is 40.3. The monoisotopic (exact) mass is 577 g/mol. The normalized spacial score (nSPS) is 11.4. The van der Waals surface area contributed by atoms with E-state index in [9.17, 15) is 9.59 Å². The summed E-state index contributed by atoms with van der Waals surface area (Å²) < 4.78 is 0. The first-order chi connectivity index (χ1) is 20.2. The van der Waals surface area contributed by atoms with Crippen LogP contribution in [-0.4, -0.2) is 11.6 Å². The van der Waals surface area contributed by atoms with E-state index in [2.05, 4.69) is 13.8 Å². The molecular weight excluding hydrogens is 500 g/mol. The Morgan fingerprint density at radius 1 is 0.268 bits per heavy atom. The van der Waals surface area contributed by atoms with Crippen LogP contribution < -0.4 is 0 Å². The minimum Gasteiger partial charge on any atom is -0.299 e. The van der Waals surface area contributed by atoms with Gasteiger partial charge in [0.05, 0.1) is 6.42 Å². The summed E-state index contributed by atoms with van der Waals surface area (Å²) in [6, 6.07) is 0. The van der Waals surface area contributed by atoms with Gasteiger partial charge in [0.2, 0.25) is 0 Å². The number of unbranched alkanes of at least 4 members (excludes halogenated alkanes) is 30. The van der Waals surface area contributed by atoms with Gasteiger partial charge >= 0.3 is 0 Å². The zero-order chi connectivity index (χ0) is 29.9. The highest BCUT2D eigenvalue weighted by molar-refractivity contribution is 5.98. The summed E-state index contributed by atoms with van der Waals surface area (Å²) in [4.78, 5) is 24.3. The fourth-order valence-corrected chi connectivity index (χ4v) is 6.14. The van der Waals surface area contributed by atoms with E-state index in [-0.39, 0.29) is 18.0 Å². The van der Waals surface area contributed by atoms with Gasteiger partial charge in [0.1, 0.15) is 11.6 Å². The number of ketones is 2. The third-order valence-corrected chi connectivity index (χ3v) is 9.01. The molecule has 0 rings (SSSR count). The second-order valence-corrected chi connectivity index (χ2v) is 13.4. The van der Waals surface area contributed by atoms with Crippen LogP contribution in [0.2, 0.25) is 0 Å². The van der Waals surface area contributed by atoms with Gasteiger partial charge in [-0.15, -0.1) is 0 Å². The Morgan fingerprint density at radius 2 is 0.439 bits per heavy atom. The lowest BCUT2D eigenvalue weighted by Gasteiger charge is -2.04. The van der Waals surface area contributed by atoms with Crippen LogP contribution in [0.1, 0.15) is 239 Å². The molecule has 0 amide bonds. The number of Topliss-reactive ketones (excluding diaryl/α,β-unsaturated/α-hetero) is 2. The van der Waals surface area contributed by atoms with E-state index >= 15 is 0 Å². The summed E-state index contributed by atoms with van der Waals surface area (Å²) in [5, 5.41) is 0. The molecule has 0 aromatic carbocycles. The van der Waals surface area contributed by atoms with Crippen molar-refractivity contribution in [2.45, 2.75) is 239 Å². The van der Waals surface area contributed by atoms with Crippen LogP contribution in [0.25, 0.3) is 0 Å². The lowest BCUT2D eigenvalue weighted by atomic mass is 10.0. The number of carbonyl (C=O) groups excluding carboxylic acids is 2. The molecule has 0 unspecified atom stereocenters. The zero-order valence-corrected chi connectivity index (χ0v) is 28.6. The number of hydrogen-bond donors (Lipinski definition) is 0. The maximum atomic E-state index is 12.1. The van der Waals surface area contributed by atoms with Crippen LogP contribution in [0.4, 0.5) is 0 Å². The maximum Gasteiger partial charge on any atom is 0.140 e. The average molecular weight is 577 g/mol. The summed E-state index contributed by atoms with van der Waals surface area (Å²) in [5.41, 5.74) is 0. The molecule has 0 aliphatic carbocycles. The molecule has 0 saturated carbocycles. The van der Waals surface area contributed by atoms with Crippen LogP contribution in [0.15, 0.2) is 0 Å². The van der Waals surface area contributed by atoms with E-state index in [1.807, 2.05) is 0 Å². The van der Waals surface area contributed by atoms with E-state index in [1.165, 1.54) is 180 Å². The summed E-state index contributed by atoms with van der Waals surface area (Å²) in [5.74, 6) is 0.354. The molecule has 0 heterocycles. The van der Waals surface area contributed by atoms with E-state index < -0.39 is 0 Å². The molecule has 0 bridgehead atoms. The number of rotatable bonds is 36. The largest absolute Gasteiger partial charge is 0.299 e. The molecule has 2 heteroatoms. The smallest absolute Gasteiger partial charge is 0.140 e. The molecule has 244 valence electrons. The molecule has 0 spiro atoms. The molecule has 0 saturated heterocycles. The lowest BCUT2D eigenvalue weighted by molar-refractivity contribution is -0.127. The van der Waals surface area contributed by atoms with E-state index in [0.29, 0.717) is 12.8 Å². The SMILES string of the molecule is CCCCCCCCCCCCCCCCCCCCCC(=O)CC(=O)CCCCCCCCCCCCCCC. The highest BCUT2D eigenvalue weighted by Gasteiger charge is 2.09. The average Bonchev–Trinajstić information content (AvgIpc) is 2.96. The highest BCUT2D eigenvalue weighted by atomic mass is 16.1. The van der Waals surface area contributed by atoms with Gasteiger partial charge in [0.25, 0.3) is 0 Å². The predicted octanol–water partition coefficient (Wildman–Crippen LogP) is 13.8. The molecule has 0 aromatic rings. The molecule has 41 heavy (non-hydrogen) atoms. The third-order valence-electron chi connectivity index (χ3n) is 9.01. The van der Waals surface area contributed by atoms with Crippen LogP contribution in [0.5, 0.6) is 0 Å². The Hall–Kier alpha value is -0.660. The molecular formula is C39H76O2. The maximum absolute atomic E-state index is 12.1. The molecule has 0 fully saturated rings. The topological polar surface area (TPSA) is 34.1 Å². The molecule has 0 N–H and O–H groups in total. The molecule has 0 aliphatic heterocycles. The minimum atomic E-state index is 0.177. The fourth-order valence-electron chi connectivity index (χ4n) is 6.14. The van der Waals surface area contributed by atoms with Crippen LogP contribution in [0.3, 0.4) is 0 Å². The Morgan fingerprint density at radius 3 is 0.634 bits per heavy atom. The van der Waals surface area contributed by atoms with Crippen molar-refractivity contribution in [2.24, 2.45) is 0 Å². The predicted molar refractivity (Wildman–Crippen MR) is 183 cm³/mol. The van der Waals surface area contributed by atoms with E-state index in [1.54, 1.807) is 0 Å². The number of carbonyl (C=O) groups is 2. The second-order valence-electron chi connectivity index (χ2n) is 13.4. The van der Waals surface area contributed by atoms with Gasteiger partial charge < -0.3 is 0 Å². The van der Waals surface area contributed by atoms with Crippen molar-refractivity contribution in [3.8, 4) is 0 Å². The summed E-state index contributed by atoms with van der Waals surface area (Å²) in [6.45, 7) is 4.57.